The highest BCUT2D eigenvalue weighted by molar-refractivity contribution is 5.92. The van der Waals surface area contributed by atoms with E-state index < -0.39 is 23.8 Å². The molecule has 0 aromatic carbocycles. The lowest BCUT2D eigenvalue weighted by Crippen LogP contribution is -2.34. The van der Waals surface area contributed by atoms with E-state index in [1.807, 2.05) is 0 Å². The van der Waals surface area contributed by atoms with Gasteiger partial charge in [0.15, 0.2) is 0 Å². The van der Waals surface area contributed by atoms with Gasteiger partial charge < -0.3 is 15.7 Å². The molecule has 2 atom stereocenters. The molecule has 1 aromatic rings. The quantitative estimate of drug-likeness (QED) is 0.753. The van der Waals surface area contributed by atoms with Gasteiger partial charge in [0.25, 0.3) is 5.91 Å². The molecule has 2 unspecified atom stereocenters. The van der Waals surface area contributed by atoms with Gasteiger partial charge in [-0.3, -0.25) is 9.78 Å². The number of hydrogen-bond donors (Lipinski definition) is 3. The Morgan fingerprint density at radius 1 is 1.45 bits per heavy atom. The molecule has 1 saturated heterocycles. The Morgan fingerprint density at radius 2 is 2.20 bits per heavy atom. The van der Waals surface area contributed by atoms with Gasteiger partial charge in [-0.2, -0.15) is 13.2 Å². The van der Waals surface area contributed by atoms with Crippen LogP contribution in [-0.4, -0.2) is 41.7 Å². The van der Waals surface area contributed by atoms with E-state index in [0.29, 0.717) is 19.3 Å². The molecule has 8 heteroatoms. The van der Waals surface area contributed by atoms with E-state index >= 15 is 0 Å². The van der Waals surface area contributed by atoms with E-state index in [-0.39, 0.29) is 18.2 Å². The highest BCUT2D eigenvalue weighted by Gasteiger charge is 2.31. The first kappa shape index (κ1) is 14.7. The van der Waals surface area contributed by atoms with Gasteiger partial charge in [0.05, 0.1) is 11.7 Å². The van der Waals surface area contributed by atoms with Crippen LogP contribution in [-0.2, 0) is 6.18 Å². The van der Waals surface area contributed by atoms with Crippen molar-refractivity contribution in [2.45, 2.75) is 12.3 Å². The lowest BCUT2D eigenvalue weighted by atomic mass is 10.1. The molecule has 5 nitrogen and oxygen atoms in total. The van der Waals surface area contributed by atoms with Gasteiger partial charge in [-0.05, 0) is 12.1 Å². The number of hydrogen-bond acceptors (Lipinski definition) is 4. The van der Waals surface area contributed by atoms with Crippen LogP contribution in [0.15, 0.2) is 18.3 Å². The minimum Gasteiger partial charge on any atom is -0.391 e. The number of carbonyl (C=O) groups excluding carboxylic acids is 1. The summed E-state index contributed by atoms with van der Waals surface area (Å²) in [6.45, 7) is 1.30. The highest BCUT2D eigenvalue weighted by atomic mass is 19.4. The molecule has 2 rings (SSSR count). The van der Waals surface area contributed by atoms with Crippen molar-refractivity contribution in [3.05, 3.63) is 29.6 Å². The first-order valence-corrected chi connectivity index (χ1v) is 6.08. The third-order valence-corrected chi connectivity index (χ3v) is 3.15. The van der Waals surface area contributed by atoms with Crippen molar-refractivity contribution in [1.29, 1.82) is 0 Å². The summed E-state index contributed by atoms with van der Waals surface area (Å²) in [4.78, 5) is 15.2. The number of carbonyl (C=O) groups is 1. The van der Waals surface area contributed by atoms with Crippen molar-refractivity contribution in [2.75, 3.05) is 19.6 Å². The van der Waals surface area contributed by atoms with Crippen LogP contribution in [0, 0.1) is 5.92 Å². The number of rotatable bonds is 3. The molecule has 0 saturated carbocycles. The molecular formula is C12H14F3N3O2. The number of β-amino-alcohol motifs (C(OH)–C–C–N with tert-alkyl or cyclic N) is 1. The second-order valence-corrected chi connectivity index (χ2v) is 4.63. The molecule has 1 aliphatic rings. The zero-order valence-electron chi connectivity index (χ0n) is 10.4. The Morgan fingerprint density at radius 3 is 2.70 bits per heavy atom. The largest absolute Gasteiger partial charge is 0.417 e. The van der Waals surface area contributed by atoms with E-state index in [9.17, 15) is 23.1 Å². The number of halogens is 3. The topological polar surface area (TPSA) is 74.2 Å². The minimum absolute atomic E-state index is 0.0848. The molecule has 0 spiro atoms. The number of amides is 1. The lowest BCUT2D eigenvalue weighted by Gasteiger charge is -2.14. The second-order valence-electron chi connectivity index (χ2n) is 4.63. The summed E-state index contributed by atoms with van der Waals surface area (Å²) in [7, 11) is 0. The molecule has 0 bridgehead atoms. The molecule has 20 heavy (non-hydrogen) atoms. The Bertz CT molecular complexity index is 476. The molecule has 0 aliphatic carbocycles. The van der Waals surface area contributed by atoms with E-state index in [4.69, 9.17) is 0 Å². The lowest BCUT2D eigenvalue weighted by molar-refractivity contribution is -0.137. The summed E-state index contributed by atoms with van der Waals surface area (Å²) in [5.74, 6) is -0.661. The van der Waals surface area contributed by atoms with Crippen molar-refractivity contribution < 1.29 is 23.1 Å². The minimum atomic E-state index is -4.47. The molecule has 0 radical (unpaired) electrons. The maximum absolute atomic E-state index is 12.3. The van der Waals surface area contributed by atoms with Crippen LogP contribution < -0.4 is 10.6 Å². The summed E-state index contributed by atoms with van der Waals surface area (Å²) in [5, 5.41) is 15.1. The summed E-state index contributed by atoms with van der Waals surface area (Å²) >= 11 is 0. The number of aliphatic hydroxyl groups excluding tert-OH is 1. The normalized spacial score (nSPS) is 22.8. The molecular weight excluding hydrogens is 275 g/mol. The van der Waals surface area contributed by atoms with Gasteiger partial charge in [-0.25, -0.2) is 0 Å². The zero-order valence-corrected chi connectivity index (χ0v) is 10.4. The molecule has 3 N–H and O–H groups in total. The fourth-order valence-corrected chi connectivity index (χ4v) is 1.94. The van der Waals surface area contributed by atoms with Gasteiger partial charge >= 0.3 is 6.18 Å². The van der Waals surface area contributed by atoms with Gasteiger partial charge in [0.1, 0.15) is 5.69 Å². The highest BCUT2D eigenvalue weighted by Crippen LogP contribution is 2.28. The maximum Gasteiger partial charge on any atom is 0.417 e. The third kappa shape index (κ3) is 3.45. The average molecular weight is 289 g/mol. The van der Waals surface area contributed by atoms with Crippen LogP contribution in [0.4, 0.5) is 13.2 Å². The van der Waals surface area contributed by atoms with E-state index in [0.717, 1.165) is 12.1 Å². The van der Waals surface area contributed by atoms with E-state index in [1.165, 1.54) is 0 Å². The maximum atomic E-state index is 12.3. The summed E-state index contributed by atoms with van der Waals surface area (Å²) in [5.41, 5.74) is -0.983. The summed E-state index contributed by atoms with van der Waals surface area (Å²) < 4.78 is 37.0. The SMILES string of the molecule is O=C(NCC1CNCC1O)c1ccc(C(F)(F)F)cn1. The van der Waals surface area contributed by atoms with Crippen molar-refractivity contribution in [3.8, 4) is 0 Å². The third-order valence-electron chi connectivity index (χ3n) is 3.15. The molecule has 1 aromatic heterocycles. The van der Waals surface area contributed by atoms with E-state index in [1.54, 1.807) is 0 Å². The van der Waals surface area contributed by atoms with Gasteiger partial charge in [-0.15, -0.1) is 0 Å². The van der Waals surface area contributed by atoms with Crippen LogP contribution in [0.1, 0.15) is 16.1 Å². The molecule has 110 valence electrons. The van der Waals surface area contributed by atoms with Crippen molar-refractivity contribution in [2.24, 2.45) is 5.92 Å². The Labute approximate surface area is 113 Å². The van der Waals surface area contributed by atoms with Crippen LogP contribution in [0.5, 0.6) is 0 Å². The fourth-order valence-electron chi connectivity index (χ4n) is 1.94. The fraction of sp³-hybridized carbons (Fsp3) is 0.500. The molecule has 1 aliphatic heterocycles. The van der Waals surface area contributed by atoms with Crippen molar-refractivity contribution in [3.63, 3.8) is 0 Å². The zero-order chi connectivity index (χ0) is 14.8. The van der Waals surface area contributed by atoms with Gasteiger partial charge in [0, 0.05) is 31.7 Å². The Hall–Kier alpha value is -1.67. The number of alkyl halides is 3. The number of aromatic nitrogens is 1. The number of aliphatic hydroxyl groups is 1. The Kier molecular flexibility index (Phi) is 4.24. The van der Waals surface area contributed by atoms with Crippen molar-refractivity contribution in [1.82, 2.24) is 15.6 Å². The van der Waals surface area contributed by atoms with Gasteiger partial charge in [0.2, 0.25) is 0 Å². The number of nitrogens with zero attached hydrogens (tertiary/aromatic N) is 1. The Balaban J connectivity index is 1.92. The predicted molar refractivity (Wildman–Crippen MR) is 63.9 cm³/mol. The number of pyridine rings is 1. The van der Waals surface area contributed by atoms with Crippen LogP contribution in [0.2, 0.25) is 0 Å². The molecule has 1 amide bonds. The first-order valence-electron chi connectivity index (χ1n) is 6.08. The smallest absolute Gasteiger partial charge is 0.391 e. The van der Waals surface area contributed by atoms with Crippen LogP contribution >= 0.6 is 0 Å². The summed E-state index contributed by atoms with van der Waals surface area (Å²) in [6, 6.07) is 1.84. The van der Waals surface area contributed by atoms with E-state index in [2.05, 4.69) is 15.6 Å². The van der Waals surface area contributed by atoms with Crippen molar-refractivity contribution >= 4 is 5.91 Å². The number of nitrogens with one attached hydrogen (secondary N) is 2. The molecule has 1 fully saturated rings. The monoisotopic (exact) mass is 289 g/mol. The summed E-state index contributed by atoms with van der Waals surface area (Å²) in [6.07, 6.45) is -4.38. The molecule has 2 heterocycles. The van der Waals surface area contributed by atoms with Gasteiger partial charge in [-0.1, -0.05) is 0 Å². The first-order chi connectivity index (χ1) is 9.38. The van der Waals surface area contributed by atoms with Crippen LogP contribution in [0.3, 0.4) is 0 Å². The second kappa shape index (κ2) is 5.76. The van der Waals surface area contributed by atoms with Crippen LogP contribution in [0.25, 0.3) is 0 Å². The predicted octanol–water partition coefficient (Wildman–Crippen LogP) is 0.411. The standard InChI is InChI=1S/C12H14F3N3O2/c13-12(14,15)8-1-2-9(17-5-8)11(20)18-4-7-3-16-6-10(7)19/h1-2,5,7,10,16,19H,3-4,6H2,(H,18,20). The average Bonchev–Trinajstić information content (AvgIpc) is 2.81.